The predicted molar refractivity (Wildman–Crippen MR) is 54.4 cm³/mol. The highest BCUT2D eigenvalue weighted by Crippen LogP contribution is 2.28. The van der Waals surface area contributed by atoms with Crippen LogP contribution in [0.5, 0.6) is 0 Å². The Labute approximate surface area is 84.5 Å². The molecule has 0 atom stereocenters. The number of hydrogen-bond acceptors (Lipinski definition) is 3. The summed E-state index contributed by atoms with van der Waals surface area (Å²) in [6, 6.07) is 7.87. The first kappa shape index (κ1) is 8.59. The fraction of sp³-hybridized carbons (Fsp3) is 0. The van der Waals surface area contributed by atoms with E-state index in [4.69, 9.17) is 5.73 Å². The number of rotatable bonds is 1. The van der Waals surface area contributed by atoms with Crippen LogP contribution in [0.3, 0.4) is 0 Å². The second-order valence-corrected chi connectivity index (χ2v) is 3.57. The minimum absolute atomic E-state index is 0.470. The Kier molecular flexibility index (Phi) is 2.24. The Balaban J connectivity index is 2.37. The van der Waals surface area contributed by atoms with Crippen molar-refractivity contribution in [3.63, 3.8) is 0 Å². The zero-order valence-corrected chi connectivity index (χ0v) is 8.32. The minimum atomic E-state index is 0.470. The third kappa shape index (κ3) is 1.68. The van der Waals surface area contributed by atoms with Gasteiger partial charge >= 0.3 is 0 Å². The molecule has 1 radical (unpaired) electrons. The van der Waals surface area contributed by atoms with Crippen molar-refractivity contribution in [1.29, 1.82) is 0 Å². The summed E-state index contributed by atoms with van der Waals surface area (Å²) in [5, 5.41) is 7.47. The van der Waals surface area contributed by atoms with E-state index in [1.807, 2.05) is 24.3 Å². The largest absolute Gasteiger partial charge is 0.298 e. The molecule has 0 aromatic heterocycles. The van der Waals surface area contributed by atoms with Crippen LogP contribution in [0.15, 0.2) is 45.2 Å². The summed E-state index contributed by atoms with van der Waals surface area (Å²) in [5.41, 5.74) is 7.53. The van der Waals surface area contributed by atoms with Crippen LogP contribution in [0.25, 0.3) is 5.57 Å². The normalized spacial score (nSPS) is 16.3. The van der Waals surface area contributed by atoms with E-state index in [1.165, 1.54) is 0 Å². The van der Waals surface area contributed by atoms with Gasteiger partial charge in [-0.05, 0) is 17.7 Å². The Hall–Kier alpha value is -1.00. The van der Waals surface area contributed by atoms with Crippen LogP contribution >= 0.6 is 15.9 Å². The number of nitrogens with zero attached hydrogens (tertiary/aromatic N) is 2. The number of hydrogen-bond donors (Lipinski definition) is 1. The molecule has 1 aliphatic heterocycles. The number of azo groups is 1. The first-order chi connectivity index (χ1) is 6.27. The van der Waals surface area contributed by atoms with Gasteiger partial charge < -0.3 is 0 Å². The van der Waals surface area contributed by atoms with Gasteiger partial charge in [0, 0.05) is 10.0 Å². The van der Waals surface area contributed by atoms with E-state index >= 15 is 0 Å². The van der Waals surface area contributed by atoms with E-state index in [0.717, 1.165) is 15.6 Å². The number of halogens is 1. The van der Waals surface area contributed by atoms with Gasteiger partial charge in [0.1, 0.15) is 0 Å². The van der Waals surface area contributed by atoms with Gasteiger partial charge in [-0.3, -0.25) is 5.73 Å². The Morgan fingerprint density at radius 1 is 1.31 bits per heavy atom. The smallest absolute Gasteiger partial charge is 0.202 e. The molecule has 0 saturated heterocycles. The standard InChI is InChI=1S/C9H7BrN3/c10-7-3-1-2-6(4-7)8-5-12-13-9(8)11/h1-5H,11H2. The van der Waals surface area contributed by atoms with Crippen molar-refractivity contribution in [1.82, 2.24) is 0 Å². The van der Waals surface area contributed by atoms with Gasteiger partial charge in [0.15, 0.2) is 0 Å². The van der Waals surface area contributed by atoms with E-state index in [2.05, 4.69) is 26.2 Å². The lowest BCUT2D eigenvalue weighted by Crippen LogP contribution is -2.05. The second kappa shape index (κ2) is 3.40. The molecule has 2 N–H and O–H groups in total. The van der Waals surface area contributed by atoms with Crippen molar-refractivity contribution in [2.75, 3.05) is 0 Å². The average molecular weight is 237 g/mol. The summed E-state index contributed by atoms with van der Waals surface area (Å²) in [6.07, 6.45) is 2.13. The van der Waals surface area contributed by atoms with E-state index in [-0.39, 0.29) is 0 Å². The molecule has 0 spiro atoms. The molecule has 4 heteroatoms. The second-order valence-electron chi connectivity index (χ2n) is 2.65. The Morgan fingerprint density at radius 2 is 2.15 bits per heavy atom. The lowest BCUT2D eigenvalue weighted by atomic mass is 10.1. The molecule has 3 nitrogen and oxygen atoms in total. The molecule has 0 saturated carbocycles. The molecular weight excluding hydrogens is 230 g/mol. The highest BCUT2D eigenvalue weighted by molar-refractivity contribution is 9.10. The molecule has 0 bridgehead atoms. The van der Waals surface area contributed by atoms with Gasteiger partial charge in [0.2, 0.25) is 6.17 Å². The summed E-state index contributed by atoms with van der Waals surface area (Å²) in [5.74, 6) is 0. The minimum Gasteiger partial charge on any atom is -0.298 e. The van der Waals surface area contributed by atoms with Crippen molar-refractivity contribution in [2.24, 2.45) is 16.0 Å². The van der Waals surface area contributed by atoms with Gasteiger partial charge in [0.05, 0.1) is 6.20 Å². The molecule has 13 heavy (non-hydrogen) atoms. The molecule has 2 rings (SSSR count). The molecule has 1 heterocycles. The first-order valence-corrected chi connectivity index (χ1v) is 4.56. The fourth-order valence-corrected chi connectivity index (χ4v) is 1.55. The molecule has 0 fully saturated rings. The van der Waals surface area contributed by atoms with Crippen LogP contribution in [-0.2, 0) is 0 Å². The van der Waals surface area contributed by atoms with Gasteiger partial charge in [-0.25, -0.2) is 0 Å². The van der Waals surface area contributed by atoms with E-state index in [9.17, 15) is 0 Å². The maximum absolute atomic E-state index is 5.63. The highest BCUT2D eigenvalue weighted by Gasteiger charge is 2.16. The van der Waals surface area contributed by atoms with E-state index in [0.29, 0.717) is 6.17 Å². The maximum Gasteiger partial charge on any atom is 0.202 e. The van der Waals surface area contributed by atoms with Crippen LogP contribution in [-0.4, -0.2) is 0 Å². The van der Waals surface area contributed by atoms with Crippen molar-refractivity contribution in [3.8, 4) is 0 Å². The van der Waals surface area contributed by atoms with Gasteiger partial charge in [-0.1, -0.05) is 28.1 Å². The lowest BCUT2D eigenvalue weighted by molar-refractivity contribution is 1.04. The first-order valence-electron chi connectivity index (χ1n) is 3.77. The van der Waals surface area contributed by atoms with Crippen LogP contribution in [0.2, 0.25) is 0 Å². The summed E-state index contributed by atoms with van der Waals surface area (Å²) in [4.78, 5) is 0. The summed E-state index contributed by atoms with van der Waals surface area (Å²) in [7, 11) is 0. The molecule has 1 aromatic carbocycles. The third-order valence-electron chi connectivity index (χ3n) is 1.76. The quantitative estimate of drug-likeness (QED) is 0.801. The molecule has 65 valence electrons. The molecule has 0 amide bonds. The molecule has 1 aromatic rings. The SMILES string of the molecule is N[C]1N=NC=C1c1cccc(Br)c1. The van der Waals surface area contributed by atoms with Gasteiger partial charge in [0.25, 0.3) is 0 Å². The lowest BCUT2D eigenvalue weighted by Gasteiger charge is -2.04. The Bertz CT molecular complexity index is 384. The summed E-state index contributed by atoms with van der Waals surface area (Å²) in [6.45, 7) is 0. The summed E-state index contributed by atoms with van der Waals surface area (Å²) < 4.78 is 1.02. The van der Waals surface area contributed by atoms with Crippen molar-refractivity contribution >= 4 is 21.5 Å². The van der Waals surface area contributed by atoms with Crippen molar-refractivity contribution in [3.05, 3.63) is 46.7 Å². The molecule has 0 unspecified atom stereocenters. The average Bonchev–Trinajstić information content (AvgIpc) is 2.51. The fourth-order valence-electron chi connectivity index (χ4n) is 1.15. The van der Waals surface area contributed by atoms with Crippen LogP contribution in [0, 0.1) is 6.17 Å². The maximum atomic E-state index is 5.63. The molecule has 1 aliphatic rings. The molecule has 0 aliphatic carbocycles. The van der Waals surface area contributed by atoms with Crippen LogP contribution in [0.1, 0.15) is 5.56 Å². The van der Waals surface area contributed by atoms with Gasteiger partial charge in [-0.15, -0.1) is 0 Å². The van der Waals surface area contributed by atoms with Crippen LogP contribution < -0.4 is 5.73 Å². The van der Waals surface area contributed by atoms with E-state index < -0.39 is 0 Å². The predicted octanol–water partition coefficient (Wildman–Crippen LogP) is 2.70. The molecular formula is C9H7BrN3. The topological polar surface area (TPSA) is 50.7 Å². The zero-order chi connectivity index (χ0) is 9.26. The summed E-state index contributed by atoms with van der Waals surface area (Å²) >= 11 is 3.39. The van der Waals surface area contributed by atoms with Crippen LogP contribution in [0.4, 0.5) is 0 Å². The van der Waals surface area contributed by atoms with Crippen molar-refractivity contribution in [2.45, 2.75) is 0 Å². The van der Waals surface area contributed by atoms with E-state index in [1.54, 1.807) is 6.20 Å². The third-order valence-corrected chi connectivity index (χ3v) is 2.26. The monoisotopic (exact) mass is 236 g/mol. The number of nitrogens with two attached hydrogens (primary N) is 1. The zero-order valence-electron chi connectivity index (χ0n) is 6.74. The van der Waals surface area contributed by atoms with Crippen molar-refractivity contribution < 1.29 is 0 Å². The highest BCUT2D eigenvalue weighted by atomic mass is 79.9. The van der Waals surface area contributed by atoms with Gasteiger partial charge in [-0.2, -0.15) is 10.2 Å². The Morgan fingerprint density at radius 3 is 2.77 bits per heavy atom. The number of benzene rings is 1.